The Morgan fingerprint density at radius 1 is 1.38 bits per heavy atom. The van der Waals surface area contributed by atoms with Gasteiger partial charge in [-0.15, -0.1) is 0 Å². The van der Waals surface area contributed by atoms with Crippen molar-refractivity contribution in [2.75, 3.05) is 13.1 Å². The van der Waals surface area contributed by atoms with Crippen LogP contribution in [0.15, 0.2) is 18.2 Å². The maximum Gasteiger partial charge on any atom is 0.129 e. The van der Waals surface area contributed by atoms with Crippen LogP contribution >= 0.6 is 0 Å². The van der Waals surface area contributed by atoms with E-state index in [0.717, 1.165) is 42.6 Å². The van der Waals surface area contributed by atoms with Gasteiger partial charge in [-0.3, -0.25) is 0 Å². The van der Waals surface area contributed by atoms with E-state index in [1.54, 1.807) is 0 Å². The van der Waals surface area contributed by atoms with Gasteiger partial charge in [0.15, 0.2) is 0 Å². The Morgan fingerprint density at radius 2 is 2.19 bits per heavy atom. The van der Waals surface area contributed by atoms with E-state index >= 15 is 0 Å². The fraction of sp³-hybridized carbons (Fsp3) is 0.571. The molecule has 1 aliphatic heterocycles. The first-order chi connectivity index (χ1) is 7.68. The van der Waals surface area contributed by atoms with Crippen molar-refractivity contribution >= 4 is 0 Å². The second-order valence-electron chi connectivity index (χ2n) is 4.87. The van der Waals surface area contributed by atoms with Crippen molar-refractivity contribution in [3.8, 4) is 0 Å². The normalized spacial score (nSPS) is 23.1. The van der Waals surface area contributed by atoms with Crippen LogP contribution in [0, 0.1) is 19.8 Å². The van der Waals surface area contributed by atoms with Crippen molar-refractivity contribution in [1.82, 2.24) is 5.32 Å². The SMILES string of the molecule is Cc1ccc(C)c(C(F)C2CCCNC2)c1. The molecule has 0 radical (unpaired) electrons. The highest BCUT2D eigenvalue weighted by Gasteiger charge is 2.25. The lowest BCUT2D eigenvalue weighted by atomic mass is 9.88. The van der Waals surface area contributed by atoms with E-state index in [9.17, 15) is 4.39 Å². The predicted octanol–water partition coefficient (Wildman–Crippen LogP) is 3.31. The first-order valence-electron chi connectivity index (χ1n) is 6.10. The molecule has 0 aromatic heterocycles. The van der Waals surface area contributed by atoms with E-state index in [2.05, 4.69) is 5.32 Å². The molecule has 2 atom stereocenters. The van der Waals surface area contributed by atoms with Crippen molar-refractivity contribution in [1.29, 1.82) is 0 Å². The van der Waals surface area contributed by atoms with Gasteiger partial charge in [-0.05, 0) is 44.4 Å². The third kappa shape index (κ3) is 2.43. The van der Waals surface area contributed by atoms with Gasteiger partial charge in [0, 0.05) is 12.5 Å². The highest BCUT2D eigenvalue weighted by molar-refractivity contribution is 5.32. The van der Waals surface area contributed by atoms with Gasteiger partial charge >= 0.3 is 0 Å². The minimum Gasteiger partial charge on any atom is -0.316 e. The predicted molar refractivity (Wildman–Crippen MR) is 65.4 cm³/mol. The monoisotopic (exact) mass is 221 g/mol. The van der Waals surface area contributed by atoms with E-state index in [1.165, 1.54) is 0 Å². The van der Waals surface area contributed by atoms with Crippen LogP contribution in [0.25, 0.3) is 0 Å². The summed E-state index contributed by atoms with van der Waals surface area (Å²) < 4.78 is 14.4. The molecule has 1 aromatic rings. The summed E-state index contributed by atoms with van der Waals surface area (Å²) in [4.78, 5) is 0. The quantitative estimate of drug-likeness (QED) is 0.808. The first kappa shape index (κ1) is 11.6. The number of rotatable bonds is 2. The third-order valence-corrected chi connectivity index (χ3v) is 3.48. The Labute approximate surface area is 97.1 Å². The molecule has 1 aromatic carbocycles. The molecule has 88 valence electrons. The smallest absolute Gasteiger partial charge is 0.129 e. The Morgan fingerprint density at radius 3 is 2.88 bits per heavy atom. The number of alkyl halides is 1. The van der Waals surface area contributed by atoms with Gasteiger partial charge in [0.05, 0.1) is 0 Å². The number of halogens is 1. The largest absolute Gasteiger partial charge is 0.316 e. The number of piperidine rings is 1. The fourth-order valence-corrected chi connectivity index (χ4v) is 2.44. The molecule has 1 saturated heterocycles. The van der Waals surface area contributed by atoms with Gasteiger partial charge < -0.3 is 5.32 Å². The first-order valence-corrected chi connectivity index (χ1v) is 6.10. The van der Waals surface area contributed by atoms with E-state index in [4.69, 9.17) is 0 Å². The molecular weight excluding hydrogens is 201 g/mol. The van der Waals surface area contributed by atoms with Crippen LogP contribution in [0.1, 0.15) is 35.7 Å². The lowest BCUT2D eigenvalue weighted by molar-refractivity contribution is 0.194. The van der Waals surface area contributed by atoms with Crippen molar-refractivity contribution in [2.24, 2.45) is 5.92 Å². The molecule has 1 fully saturated rings. The molecule has 0 saturated carbocycles. The zero-order valence-corrected chi connectivity index (χ0v) is 10.1. The summed E-state index contributed by atoms with van der Waals surface area (Å²) >= 11 is 0. The van der Waals surface area contributed by atoms with Crippen LogP contribution in [0.2, 0.25) is 0 Å². The summed E-state index contributed by atoms with van der Waals surface area (Å²) in [7, 11) is 0. The molecule has 1 N–H and O–H groups in total. The molecule has 0 bridgehead atoms. The van der Waals surface area contributed by atoms with Crippen LogP contribution in [0.5, 0.6) is 0 Å². The number of nitrogens with one attached hydrogen (secondary N) is 1. The summed E-state index contributed by atoms with van der Waals surface area (Å²) in [6.45, 7) is 5.87. The summed E-state index contributed by atoms with van der Waals surface area (Å²) in [6, 6.07) is 6.06. The fourth-order valence-electron chi connectivity index (χ4n) is 2.44. The number of hydrogen-bond acceptors (Lipinski definition) is 1. The van der Waals surface area contributed by atoms with Crippen LogP contribution in [-0.4, -0.2) is 13.1 Å². The molecule has 1 nitrogen and oxygen atoms in total. The van der Waals surface area contributed by atoms with Gasteiger partial charge in [-0.25, -0.2) is 4.39 Å². The molecule has 2 heteroatoms. The Bertz CT molecular complexity index is 356. The second-order valence-corrected chi connectivity index (χ2v) is 4.87. The van der Waals surface area contributed by atoms with Crippen molar-refractivity contribution < 1.29 is 4.39 Å². The molecule has 0 amide bonds. The van der Waals surface area contributed by atoms with Crippen molar-refractivity contribution in [3.05, 3.63) is 34.9 Å². The van der Waals surface area contributed by atoms with Crippen LogP contribution in [-0.2, 0) is 0 Å². The molecule has 16 heavy (non-hydrogen) atoms. The molecule has 1 heterocycles. The molecular formula is C14H20FN. The summed E-state index contributed by atoms with van der Waals surface area (Å²) in [6.07, 6.45) is 1.28. The second kappa shape index (κ2) is 4.96. The summed E-state index contributed by atoms with van der Waals surface area (Å²) in [5.41, 5.74) is 3.10. The van der Waals surface area contributed by atoms with E-state index in [-0.39, 0.29) is 5.92 Å². The molecule has 2 rings (SSSR count). The van der Waals surface area contributed by atoms with Gasteiger partial charge in [-0.2, -0.15) is 0 Å². The minimum atomic E-state index is -0.812. The molecule has 2 unspecified atom stereocenters. The van der Waals surface area contributed by atoms with Gasteiger partial charge in [0.25, 0.3) is 0 Å². The summed E-state index contributed by atoms with van der Waals surface area (Å²) in [5.74, 6) is 0.147. The molecule has 0 spiro atoms. The van der Waals surface area contributed by atoms with Gasteiger partial charge in [0.2, 0.25) is 0 Å². The number of hydrogen-bond donors (Lipinski definition) is 1. The number of aryl methyl sites for hydroxylation is 2. The van der Waals surface area contributed by atoms with Crippen molar-refractivity contribution in [2.45, 2.75) is 32.9 Å². The molecule has 0 aliphatic carbocycles. The zero-order chi connectivity index (χ0) is 11.5. The average molecular weight is 221 g/mol. The Hall–Kier alpha value is -0.890. The maximum absolute atomic E-state index is 14.4. The van der Waals surface area contributed by atoms with Crippen LogP contribution in [0.4, 0.5) is 4.39 Å². The average Bonchev–Trinajstić information content (AvgIpc) is 2.32. The van der Waals surface area contributed by atoms with Gasteiger partial charge in [0.1, 0.15) is 6.17 Å². The lowest BCUT2D eigenvalue weighted by Gasteiger charge is -2.27. The topological polar surface area (TPSA) is 12.0 Å². The highest BCUT2D eigenvalue weighted by Crippen LogP contribution is 2.32. The van der Waals surface area contributed by atoms with E-state index in [1.807, 2.05) is 32.0 Å². The van der Waals surface area contributed by atoms with Crippen LogP contribution < -0.4 is 5.32 Å². The van der Waals surface area contributed by atoms with Gasteiger partial charge in [-0.1, -0.05) is 23.8 Å². The highest BCUT2D eigenvalue weighted by atomic mass is 19.1. The van der Waals surface area contributed by atoms with E-state index in [0.29, 0.717) is 0 Å². The minimum absolute atomic E-state index is 0.147. The summed E-state index contributed by atoms with van der Waals surface area (Å²) in [5, 5.41) is 3.28. The van der Waals surface area contributed by atoms with E-state index < -0.39 is 6.17 Å². The molecule has 1 aliphatic rings. The lowest BCUT2D eigenvalue weighted by Crippen LogP contribution is -2.32. The Balaban J connectivity index is 2.18. The standard InChI is InChI=1S/C14H20FN/c1-10-5-6-11(2)13(8-10)14(15)12-4-3-7-16-9-12/h5-6,8,12,14,16H,3-4,7,9H2,1-2H3. The third-order valence-electron chi connectivity index (χ3n) is 3.48. The number of benzene rings is 1. The van der Waals surface area contributed by atoms with Crippen molar-refractivity contribution in [3.63, 3.8) is 0 Å². The zero-order valence-electron chi connectivity index (χ0n) is 10.1. The maximum atomic E-state index is 14.4. The van der Waals surface area contributed by atoms with Crippen LogP contribution in [0.3, 0.4) is 0 Å². The Kier molecular flexibility index (Phi) is 3.59.